The van der Waals surface area contributed by atoms with Gasteiger partial charge in [-0.1, -0.05) is 45.7 Å². The quantitative estimate of drug-likeness (QED) is 0.553. The SMILES string of the molecule is CC(C)(C)OC(=O)N1Cc2sc(Cl)cc2[C@@H](c2ccccc2Br)C1. The summed E-state index contributed by atoms with van der Waals surface area (Å²) in [4.78, 5) is 15.4. The second-order valence-electron chi connectivity index (χ2n) is 6.86. The molecule has 0 fully saturated rings. The van der Waals surface area contributed by atoms with Gasteiger partial charge in [-0.05, 0) is 44.0 Å². The van der Waals surface area contributed by atoms with Crippen molar-refractivity contribution in [1.29, 1.82) is 0 Å². The molecule has 3 rings (SSSR count). The van der Waals surface area contributed by atoms with Crippen LogP contribution in [0.3, 0.4) is 0 Å². The van der Waals surface area contributed by atoms with Gasteiger partial charge in [0.25, 0.3) is 0 Å². The van der Waals surface area contributed by atoms with Crippen molar-refractivity contribution >= 4 is 45.0 Å². The van der Waals surface area contributed by atoms with Crippen LogP contribution in [0.4, 0.5) is 4.79 Å². The maximum atomic E-state index is 12.6. The zero-order valence-electron chi connectivity index (χ0n) is 13.8. The molecule has 0 unspecified atom stereocenters. The van der Waals surface area contributed by atoms with Crippen LogP contribution in [0.25, 0.3) is 0 Å². The van der Waals surface area contributed by atoms with Gasteiger partial charge in [-0.2, -0.15) is 0 Å². The molecule has 1 aliphatic heterocycles. The average molecular weight is 429 g/mol. The van der Waals surface area contributed by atoms with Crippen LogP contribution >= 0.6 is 38.9 Å². The highest BCUT2D eigenvalue weighted by Gasteiger charge is 2.33. The summed E-state index contributed by atoms with van der Waals surface area (Å²) in [7, 11) is 0. The second kappa shape index (κ2) is 6.70. The molecular weight excluding hydrogens is 410 g/mol. The van der Waals surface area contributed by atoms with Crippen molar-refractivity contribution in [2.75, 3.05) is 6.54 Å². The number of ether oxygens (including phenoxy) is 1. The Morgan fingerprint density at radius 3 is 2.71 bits per heavy atom. The molecule has 2 aromatic rings. The monoisotopic (exact) mass is 427 g/mol. The summed E-state index contributed by atoms with van der Waals surface area (Å²) < 4.78 is 7.35. The highest BCUT2D eigenvalue weighted by Crippen LogP contribution is 2.42. The van der Waals surface area contributed by atoms with E-state index in [4.69, 9.17) is 16.3 Å². The highest BCUT2D eigenvalue weighted by molar-refractivity contribution is 9.10. The Labute approximate surface area is 159 Å². The van der Waals surface area contributed by atoms with Crippen molar-refractivity contribution in [3.05, 3.63) is 55.1 Å². The first-order valence-corrected chi connectivity index (χ1v) is 9.74. The van der Waals surface area contributed by atoms with E-state index in [1.54, 1.807) is 4.90 Å². The predicted molar refractivity (Wildman–Crippen MR) is 102 cm³/mol. The lowest BCUT2D eigenvalue weighted by molar-refractivity contribution is 0.0216. The summed E-state index contributed by atoms with van der Waals surface area (Å²) in [6.45, 7) is 6.77. The number of halogens is 2. The van der Waals surface area contributed by atoms with Crippen molar-refractivity contribution in [1.82, 2.24) is 4.90 Å². The van der Waals surface area contributed by atoms with Gasteiger partial charge in [0.1, 0.15) is 5.60 Å². The number of benzene rings is 1. The lowest BCUT2D eigenvalue weighted by Crippen LogP contribution is -2.41. The van der Waals surface area contributed by atoms with Crippen LogP contribution in [0, 0.1) is 0 Å². The third-order valence-corrected chi connectivity index (χ3v) is 5.84. The molecule has 2 heterocycles. The molecule has 0 radical (unpaired) electrons. The lowest BCUT2D eigenvalue weighted by Gasteiger charge is -2.34. The van der Waals surface area contributed by atoms with E-state index in [2.05, 4.69) is 22.0 Å². The standard InChI is InChI=1S/C18H19BrClNO2S/c1-18(2,3)23-17(22)21-9-13(11-6-4-5-7-14(11)19)12-8-16(20)24-15(12)10-21/h4-8,13H,9-10H2,1-3H3/t13-/m1/s1. The number of hydrogen-bond acceptors (Lipinski definition) is 3. The minimum Gasteiger partial charge on any atom is -0.444 e. The smallest absolute Gasteiger partial charge is 0.410 e. The van der Waals surface area contributed by atoms with Crippen molar-refractivity contribution in [3.63, 3.8) is 0 Å². The summed E-state index contributed by atoms with van der Waals surface area (Å²) in [6, 6.07) is 10.1. The molecule has 24 heavy (non-hydrogen) atoms. The van der Waals surface area contributed by atoms with Crippen LogP contribution in [-0.4, -0.2) is 23.1 Å². The van der Waals surface area contributed by atoms with E-state index in [0.717, 1.165) is 19.2 Å². The number of carbonyl (C=O) groups excluding carboxylic acids is 1. The van der Waals surface area contributed by atoms with Crippen LogP contribution in [0.5, 0.6) is 0 Å². The van der Waals surface area contributed by atoms with E-state index in [1.807, 2.05) is 45.0 Å². The lowest BCUT2D eigenvalue weighted by atomic mass is 9.88. The highest BCUT2D eigenvalue weighted by atomic mass is 79.9. The molecule has 0 N–H and O–H groups in total. The summed E-state index contributed by atoms with van der Waals surface area (Å²) in [5.74, 6) is 0.0839. The second-order valence-corrected chi connectivity index (χ2v) is 9.49. The molecule has 6 heteroatoms. The number of carbonyl (C=O) groups is 1. The van der Waals surface area contributed by atoms with E-state index < -0.39 is 5.60 Å². The summed E-state index contributed by atoms with van der Waals surface area (Å²) >= 11 is 11.4. The number of amides is 1. The molecule has 3 nitrogen and oxygen atoms in total. The van der Waals surface area contributed by atoms with Gasteiger partial charge >= 0.3 is 6.09 Å². The normalized spacial score (nSPS) is 17.5. The van der Waals surface area contributed by atoms with Crippen molar-refractivity contribution in [3.8, 4) is 0 Å². The third-order valence-electron chi connectivity index (χ3n) is 3.86. The van der Waals surface area contributed by atoms with Gasteiger partial charge in [0.05, 0.1) is 10.9 Å². The van der Waals surface area contributed by atoms with Gasteiger partial charge in [-0.3, -0.25) is 0 Å². The molecule has 128 valence electrons. The zero-order chi connectivity index (χ0) is 17.5. The Balaban J connectivity index is 1.96. The maximum Gasteiger partial charge on any atom is 0.410 e. The molecular formula is C18H19BrClNO2S. The summed E-state index contributed by atoms with van der Waals surface area (Å²) in [5.41, 5.74) is 1.85. The molecule has 0 saturated carbocycles. The molecule has 0 spiro atoms. The van der Waals surface area contributed by atoms with E-state index in [1.165, 1.54) is 16.9 Å². The number of rotatable bonds is 1. The van der Waals surface area contributed by atoms with Gasteiger partial charge in [0.2, 0.25) is 0 Å². The van der Waals surface area contributed by atoms with Crippen LogP contribution in [0.1, 0.15) is 42.7 Å². The Kier molecular flexibility index (Phi) is 4.96. The number of hydrogen-bond donors (Lipinski definition) is 0. The molecule has 1 aromatic heterocycles. The van der Waals surface area contributed by atoms with Crippen molar-refractivity contribution in [2.45, 2.75) is 38.8 Å². The Bertz CT molecular complexity index is 769. The minimum absolute atomic E-state index is 0.0839. The first-order chi connectivity index (χ1) is 11.2. The van der Waals surface area contributed by atoms with Gasteiger partial charge in [-0.25, -0.2) is 4.79 Å². The largest absolute Gasteiger partial charge is 0.444 e. The maximum absolute atomic E-state index is 12.6. The van der Waals surface area contributed by atoms with Gasteiger partial charge in [-0.15, -0.1) is 11.3 Å². The molecule has 0 aliphatic carbocycles. The van der Waals surface area contributed by atoms with Gasteiger partial charge in [0.15, 0.2) is 0 Å². The zero-order valence-corrected chi connectivity index (χ0v) is 17.0. The first kappa shape index (κ1) is 17.8. The number of nitrogens with zero attached hydrogens (tertiary/aromatic N) is 1. The van der Waals surface area contributed by atoms with Gasteiger partial charge < -0.3 is 9.64 Å². The Morgan fingerprint density at radius 1 is 1.33 bits per heavy atom. The fourth-order valence-electron chi connectivity index (χ4n) is 2.87. The molecule has 1 aliphatic rings. The fraction of sp³-hybridized carbons (Fsp3) is 0.389. The minimum atomic E-state index is -0.507. The van der Waals surface area contributed by atoms with E-state index in [0.29, 0.717) is 13.1 Å². The molecule has 1 atom stereocenters. The summed E-state index contributed by atoms with van der Waals surface area (Å²) in [5, 5.41) is 0. The molecule has 1 aromatic carbocycles. The molecule has 0 bridgehead atoms. The number of fused-ring (bicyclic) bond motifs is 1. The van der Waals surface area contributed by atoms with Crippen LogP contribution in [-0.2, 0) is 11.3 Å². The number of thiophene rings is 1. The first-order valence-electron chi connectivity index (χ1n) is 7.75. The molecule has 0 saturated heterocycles. The van der Waals surface area contributed by atoms with Gasteiger partial charge in [0, 0.05) is 21.8 Å². The third kappa shape index (κ3) is 3.79. The predicted octanol–water partition coefficient (Wildman–Crippen LogP) is 6.05. The Morgan fingerprint density at radius 2 is 2.04 bits per heavy atom. The van der Waals surface area contributed by atoms with E-state index >= 15 is 0 Å². The summed E-state index contributed by atoms with van der Waals surface area (Å²) in [6.07, 6.45) is -0.283. The van der Waals surface area contributed by atoms with Crippen molar-refractivity contribution in [2.24, 2.45) is 0 Å². The van der Waals surface area contributed by atoms with Crippen LogP contribution in [0.2, 0.25) is 4.34 Å². The van der Waals surface area contributed by atoms with Crippen molar-refractivity contribution < 1.29 is 9.53 Å². The van der Waals surface area contributed by atoms with E-state index in [-0.39, 0.29) is 12.0 Å². The van der Waals surface area contributed by atoms with Crippen LogP contribution in [0.15, 0.2) is 34.8 Å². The van der Waals surface area contributed by atoms with E-state index in [9.17, 15) is 4.79 Å². The topological polar surface area (TPSA) is 29.5 Å². The Hall–Kier alpha value is -1.04. The van der Waals surface area contributed by atoms with Crippen LogP contribution < -0.4 is 0 Å². The average Bonchev–Trinajstić information content (AvgIpc) is 2.85. The molecule has 1 amide bonds. The fourth-order valence-corrected chi connectivity index (χ4v) is 4.79.